The normalized spacial score (nSPS) is 10.3. The molecule has 0 saturated heterocycles. The molecule has 78 valence electrons. The number of nitrogens with zero attached hydrogens (tertiary/aromatic N) is 1. The van der Waals surface area contributed by atoms with Crippen LogP contribution < -0.4 is 5.32 Å². The Hall–Kier alpha value is -0.940. The molecular weight excluding hydrogens is 279 g/mol. The van der Waals surface area contributed by atoms with Crippen molar-refractivity contribution in [2.24, 2.45) is 0 Å². The first-order valence-corrected chi connectivity index (χ1v) is 5.94. The van der Waals surface area contributed by atoms with Crippen molar-refractivity contribution in [3.63, 3.8) is 0 Å². The topological polar surface area (TPSA) is 24.9 Å². The maximum Gasteiger partial charge on any atom is 0.183 e. The molecule has 1 aromatic carbocycles. The van der Waals surface area contributed by atoms with E-state index in [0.29, 0.717) is 6.54 Å². The van der Waals surface area contributed by atoms with Gasteiger partial charge in [0.2, 0.25) is 0 Å². The summed E-state index contributed by atoms with van der Waals surface area (Å²) < 4.78 is 13.6. The molecule has 0 aliphatic heterocycles. The molecule has 0 radical (unpaired) electrons. The zero-order valence-electron chi connectivity index (χ0n) is 7.71. The summed E-state index contributed by atoms with van der Waals surface area (Å²) in [4.78, 5) is 4.13. The first-order chi connectivity index (χ1) is 7.24. The van der Waals surface area contributed by atoms with Gasteiger partial charge in [0.05, 0.1) is 9.98 Å². The van der Waals surface area contributed by atoms with E-state index < -0.39 is 0 Å². The molecule has 1 N–H and O–H groups in total. The maximum atomic E-state index is 12.6. The molecule has 0 aliphatic carbocycles. The van der Waals surface area contributed by atoms with Crippen LogP contribution in [0.5, 0.6) is 0 Å². The van der Waals surface area contributed by atoms with Gasteiger partial charge in [-0.25, -0.2) is 9.37 Å². The Morgan fingerprint density at radius 2 is 2.07 bits per heavy atom. The van der Waals surface area contributed by atoms with Gasteiger partial charge < -0.3 is 5.32 Å². The average molecular weight is 287 g/mol. The van der Waals surface area contributed by atoms with Crippen LogP contribution in [0.3, 0.4) is 0 Å². The summed E-state index contributed by atoms with van der Waals surface area (Å²) in [5.74, 6) is -0.212. The van der Waals surface area contributed by atoms with Gasteiger partial charge in [0.25, 0.3) is 0 Å². The molecule has 0 fully saturated rings. The van der Waals surface area contributed by atoms with Gasteiger partial charge in [-0.1, -0.05) is 23.5 Å². The molecule has 0 atom stereocenters. The smallest absolute Gasteiger partial charge is 0.183 e. The van der Waals surface area contributed by atoms with Crippen LogP contribution in [0.1, 0.15) is 5.56 Å². The van der Waals surface area contributed by atoms with Gasteiger partial charge in [0, 0.05) is 6.54 Å². The molecule has 15 heavy (non-hydrogen) atoms. The summed E-state index contributed by atoms with van der Waals surface area (Å²) in [6.45, 7) is 0.653. The van der Waals surface area contributed by atoms with Crippen LogP contribution in [0.25, 0.3) is 0 Å². The Labute approximate surface area is 99.3 Å². The standard InChI is InChI=1S/C10H8BrFN2S/c11-9-6-14-10(15-9)13-5-7-1-3-8(12)4-2-7/h1-4,6H,5H2,(H,13,14). The van der Waals surface area contributed by atoms with E-state index in [9.17, 15) is 4.39 Å². The Morgan fingerprint density at radius 1 is 1.33 bits per heavy atom. The highest BCUT2D eigenvalue weighted by atomic mass is 79.9. The van der Waals surface area contributed by atoms with Crippen molar-refractivity contribution < 1.29 is 4.39 Å². The predicted octanol–water partition coefficient (Wildman–Crippen LogP) is 3.66. The number of hydrogen-bond acceptors (Lipinski definition) is 3. The van der Waals surface area contributed by atoms with Gasteiger partial charge in [-0.15, -0.1) is 0 Å². The summed E-state index contributed by atoms with van der Waals surface area (Å²) in [6, 6.07) is 6.42. The molecule has 2 aromatic rings. The van der Waals surface area contributed by atoms with Crippen molar-refractivity contribution in [2.45, 2.75) is 6.54 Å². The number of halogens is 2. The van der Waals surface area contributed by atoms with E-state index in [-0.39, 0.29) is 5.82 Å². The van der Waals surface area contributed by atoms with Crippen molar-refractivity contribution in [2.75, 3.05) is 5.32 Å². The van der Waals surface area contributed by atoms with Gasteiger partial charge in [-0.3, -0.25) is 0 Å². The monoisotopic (exact) mass is 286 g/mol. The van der Waals surface area contributed by atoms with Gasteiger partial charge >= 0.3 is 0 Å². The third-order valence-electron chi connectivity index (χ3n) is 1.83. The minimum Gasteiger partial charge on any atom is -0.357 e. The van der Waals surface area contributed by atoms with E-state index in [4.69, 9.17) is 0 Å². The number of nitrogens with one attached hydrogen (secondary N) is 1. The van der Waals surface area contributed by atoms with Gasteiger partial charge in [0.15, 0.2) is 5.13 Å². The number of hydrogen-bond donors (Lipinski definition) is 1. The SMILES string of the molecule is Fc1ccc(CNc2ncc(Br)s2)cc1. The van der Waals surface area contributed by atoms with Crippen LogP contribution in [0.2, 0.25) is 0 Å². The highest BCUT2D eigenvalue weighted by molar-refractivity contribution is 9.11. The molecule has 0 bridgehead atoms. The van der Waals surface area contributed by atoms with Crippen molar-refractivity contribution in [3.05, 3.63) is 45.6 Å². The third-order valence-corrected chi connectivity index (χ3v) is 3.27. The highest BCUT2D eigenvalue weighted by Gasteiger charge is 1.99. The molecule has 0 spiro atoms. The Morgan fingerprint density at radius 3 is 2.67 bits per heavy atom. The fraction of sp³-hybridized carbons (Fsp3) is 0.100. The molecule has 2 rings (SSSR count). The lowest BCUT2D eigenvalue weighted by molar-refractivity contribution is 0.627. The van der Waals surface area contributed by atoms with E-state index >= 15 is 0 Å². The molecule has 0 amide bonds. The molecule has 2 nitrogen and oxygen atoms in total. The number of rotatable bonds is 3. The fourth-order valence-corrected chi connectivity index (χ4v) is 2.22. The quantitative estimate of drug-likeness (QED) is 0.932. The van der Waals surface area contributed by atoms with Crippen LogP contribution in [0.4, 0.5) is 9.52 Å². The molecule has 0 aliphatic rings. The largest absolute Gasteiger partial charge is 0.357 e. The van der Waals surface area contributed by atoms with Crippen molar-refractivity contribution in [3.8, 4) is 0 Å². The first kappa shape index (κ1) is 10.6. The lowest BCUT2D eigenvalue weighted by atomic mass is 10.2. The van der Waals surface area contributed by atoms with Crippen LogP contribution in [0, 0.1) is 5.82 Å². The van der Waals surface area contributed by atoms with E-state index in [1.807, 2.05) is 0 Å². The summed E-state index contributed by atoms with van der Waals surface area (Å²) in [5.41, 5.74) is 1.03. The van der Waals surface area contributed by atoms with Gasteiger partial charge in [0.1, 0.15) is 5.82 Å². The minimum atomic E-state index is -0.212. The van der Waals surface area contributed by atoms with E-state index in [1.165, 1.54) is 23.5 Å². The lowest BCUT2D eigenvalue weighted by Gasteiger charge is -2.01. The van der Waals surface area contributed by atoms with Crippen molar-refractivity contribution >= 4 is 32.4 Å². The maximum absolute atomic E-state index is 12.6. The number of thiazole rings is 1. The zero-order valence-corrected chi connectivity index (χ0v) is 10.1. The third kappa shape index (κ3) is 3.00. The second kappa shape index (κ2) is 4.72. The van der Waals surface area contributed by atoms with E-state index in [2.05, 4.69) is 26.2 Å². The molecule has 1 heterocycles. The van der Waals surface area contributed by atoms with Crippen molar-refractivity contribution in [1.82, 2.24) is 4.98 Å². The van der Waals surface area contributed by atoms with Crippen LogP contribution in [-0.2, 0) is 6.54 Å². The van der Waals surface area contributed by atoms with Gasteiger partial charge in [-0.2, -0.15) is 0 Å². The first-order valence-electron chi connectivity index (χ1n) is 4.34. The van der Waals surface area contributed by atoms with Gasteiger partial charge in [-0.05, 0) is 33.6 Å². The van der Waals surface area contributed by atoms with Crippen LogP contribution >= 0.6 is 27.3 Å². The molecule has 0 unspecified atom stereocenters. The average Bonchev–Trinajstić information content (AvgIpc) is 2.64. The second-order valence-electron chi connectivity index (χ2n) is 2.95. The summed E-state index contributed by atoms with van der Waals surface area (Å²) in [7, 11) is 0. The van der Waals surface area contributed by atoms with E-state index in [1.54, 1.807) is 18.3 Å². The number of anilines is 1. The fourth-order valence-electron chi connectivity index (χ4n) is 1.12. The summed E-state index contributed by atoms with van der Waals surface area (Å²) in [5, 5.41) is 4.01. The molecular formula is C10H8BrFN2S. The van der Waals surface area contributed by atoms with Crippen molar-refractivity contribution in [1.29, 1.82) is 0 Å². The Bertz CT molecular complexity index is 441. The predicted molar refractivity (Wildman–Crippen MR) is 63.5 cm³/mol. The molecule has 1 aromatic heterocycles. The van der Waals surface area contributed by atoms with Crippen LogP contribution in [0.15, 0.2) is 34.2 Å². The molecule has 0 saturated carbocycles. The Balaban J connectivity index is 1.96. The lowest BCUT2D eigenvalue weighted by Crippen LogP contribution is -1.98. The number of aromatic nitrogens is 1. The number of benzene rings is 1. The Kier molecular flexibility index (Phi) is 3.33. The van der Waals surface area contributed by atoms with Crippen LogP contribution in [-0.4, -0.2) is 4.98 Å². The zero-order chi connectivity index (χ0) is 10.7. The highest BCUT2D eigenvalue weighted by Crippen LogP contribution is 2.23. The second-order valence-corrected chi connectivity index (χ2v) is 5.36. The summed E-state index contributed by atoms with van der Waals surface area (Å²) in [6.07, 6.45) is 1.75. The summed E-state index contributed by atoms with van der Waals surface area (Å²) >= 11 is 4.86. The molecule has 5 heteroatoms. The minimum absolute atomic E-state index is 0.212. The van der Waals surface area contributed by atoms with E-state index in [0.717, 1.165) is 14.5 Å².